The molecule has 1 unspecified atom stereocenters. The monoisotopic (exact) mass is 337 g/mol. The molecule has 0 bridgehead atoms. The maximum absolute atomic E-state index is 12.5. The Kier molecular flexibility index (Phi) is 3.85. The molecule has 2 heterocycles. The number of benzene rings is 2. The van der Waals surface area contributed by atoms with E-state index < -0.39 is 5.54 Å². The average Bonchev–Trinajstić information content (AvgIpc) is 3.27. The number of amides is 2. The summed E-state index contributed by atoms with van der Waals surface area (Å²) in [6.45, 7) is 1.57. The summed E-state index contributed by atoms with van der Waals surface area (Å²) in [6.07, 6.45) is 0.751. The van der Waals surface area contributed by atoms with Gasteiger partial charge in [-0.2, -0.15) is 0 Å². The fourth-order valence-electron chi connectivity index (χ4n) is 3.24. The van der Waals surface area contributed by atoms with Crippen molar-refractivity contribution in [3.05, 3.63) is 59.7 Å². The molecule has 3 N–H and O–H groups in total. The van der Waals surface area contributed by atoms with Crippen molar-refractivity contribution < 1.29 is 9.42 Å². The highest BCUT2D eigenvalue weighted by Gasteiger charge is 2.37. The molecule has 1 aromatic heterocycles. The number of carbonyl (C=O) groups is 1. The van der Waals surface area contributed by atoms with Crippen molar-refractivity contribution in [2.75, 3.05) is 13.1 Å². The third kappa shape index (κ3) is 3.06. The molecule has 1 fully saturated rings. The number of hydrogen-bond donors (Lipinski definition) is 2. The van der Waals surface area contributed by atoms with Gasteiger partial charge < -0.3 is 16.0 Å². The van der Waals surface area contributed by atoms with E-state index in [1.54, 1.807) is 4.90 Å². The molecular weight excluding hydrogens is 318 g/mol. The maximum atomic E-state index is 12.5. The van der Waals surface area contributed by atoms with Crippen molar-refractivity contribution in [1.82, 2.24) is 20.5 Å². The van der Waals surface area contributed by atoms with Crippen LogP contribution in [0.1, 0.15) is 17.5 Å². The van der Waals surface area contributed by atoms with E-state index in [0.717, 1.165) is 17.5 Å². The van der Waals surface area contributed by atoms with Gasteiger partial charge in [-0.25, -0.2) is 9.42 Å². The van der Waals surface area contributed by atoms with Gasteiger partial charge in [-0.3, -0.25) is 0 Å². The topological polar surface area (TPSA) is 97.3 Å². The Labute approximate surface area is 144 Å². The molecule has 2 amide bonds. The number of aromatic nitrogens is 2. The quantitative estimate of drug-likeness (QED) is 0.762. The molecule has 0 radical (unpaired) electrons. The van der Waals surface area contributed by atoms with Gasteiger partial charge in [0.05, 0.1) is 5.54 Å². The van der Waals surface area contributed by atoms with Crippen molar-refractivity contribution in [2.24, 2.45) is 5.73 Å². The van der Waals surface area contributed by atoms with Gasteiger partial charge in [0.1, 0.15) is 11.0 Å². The van der Waals surface area contributed by atoms with Crippen LogP contribution in [0.15, 0.2) is 53.2 Å². The van der Waals surface area contributed by atoms with E-state index in [1.165, 1.54) is 0 Å². The highest BCUT2D eigenvalue weighted by Crippen LogP contribution is 2.29. The van der Waals surface area contributed by atoms with E-state index in [0.29, 0.717) is 30.7 Å². The highest BCUT2D eigenvalue weighted by molar-refractivity contribution is 5.76. The van der Waals surface area contributed by atoms with Crippen LogP contribution in [-0.2, 0) is 12.1 Å². The number of urea groups is 1. The molecule has 25 heavy (non-hydrogen) atoms. The van der Waals surface area contributed by atoms with Gasteiger partial charge in [-0.1, -0.05) is 36.4 Å². The summed E-state index contributed by atoms with van der Waals surface area (Å²) in [6, 6.07) is 15.4. The maximum Gasteiger partial charge on any atom is 0.317 e. The molecule has 3 aromatic rings. The number of carbonyl (C=O) groups excluding carboxylic acids is 1. The molecule has 4 rings (SSSR count). The fourth-order valence-corrected chi connectivity index (χ4v) is 3.24. The van der Waals surface area contributed by atoms with Gasteiger partial charge in [-0.15, -0.1) is 0 Å². The number of nitrogens with one attached hydrogen (secondary N) is 1. The van der Waals surface area contributed by atoms with Gasteiger partial charge in [0.25, 0.3) is 0 Å². The Morgan fingerprint density at radius 2 is 2.00 bits per heavy atom. The molecule has 2 aromatic carbocycles. The lowest BCUT2D eigenvalue weighted by Crippen LogP contribution is -2.44. The summed E-state index contributed by atoms with van der Waals surface area (Å²) in [5.41, 5.74) is 9.42. The molecule has 1 aliphatic heterocycles. The minimum absolute atomic E-state index is 0.110. The number of rotatable bonds is 3. The van der Waals surface area contributed by atoms with E-state index in [1.807, 2.05) is 48.5 Å². The van der Waals surface area contributed by atoms with E-state index in [9.17, 15) is 4.79 Å². The van der Waals surface area contributed by atoms with Crippen molar-refractivity contribution in [2.45, 2.75) is 18.5 Å². The highest BCUT2D eigenvalue weighted by atomic mass is 16.6. The molecule has 0 saturated carbocycles. The number of nitrogens with zero attached hydrogens (tertiary/aromatic N) is 3. The molecule has 7 heteroatoms. The van der Waals surface area contributed by atoms with E-state index in [-0.39, 0.29) is 6.03 Å². The minimum Gasteiger partial charge on any atom is -0.334 e. The van der Waals surface area contributed by atoms with Crippen LogP contribution in [0.5, 0.6) is 0 Å². The Balaban J connectivity index is 1.38. The molecule has 1 aliphatic rings. The molecule has 0 spiro atoms. The van der Waals surface area contributed by atoms with Crippen LogP contribution in [0.25, 0.3) is 11.0 Å². The molecule has 1 saturated heterocycles. The standard InChI is InChI=1S/C18H19N5O2/c19-18(14-4-2-1-3-5-14)8-9-23(12-18)17(24)20-11-13-6-7-15-16(10-13)22-25-21-15/h1-7,10H,8-9,11-12,19H2,(H,20,24). The predicted molar refractivity (Wildman–Crippen MR) is 92.5 cm³/mol. The summed E-state index contributed by atoms with van der Waals surface area (Å²) in [5.74, 6) is 0. The third-order valence-corrected chi connectivity index (χ3v) is 4.70. The fraction of sp³-hybridized carbons (Fsp3) is 0.278. The summed E-state index contributed by atoms with van der Waals surface area (Å²) in [7, 11) is 0. The van der Waals surface area contributed by atoms with E-state index >= 15 is 0 Å². The molecule has 128 valence electrons. The number of nitrogens with two attached hydrogens (primary N) is 1. The van der Waals surface area contributed by atoms with Gasteiger partial charge in [0.2, 0.25) is 0 Å². The van der Waals surface area contributed by atoms with Crippen LogP contribution >= 0.6 is 0 Å². The summed E-state index contributed by atoms with van der Waals surface area (Å²) < 4.78 is 4.68. The second-order valence-electron chi connectivity index (χ2n) is 6.44. The van der Waals surface area contributed by atoms with Crippen molar-refractivity contribution in [3.63, 3.8) is 0 Å². The Morgan fingerprint density at radius 1 is 1.20 bits per heavy atom. The van der Waals surface area contributed by atoms with Crippen LogP contribution in [0, 0.1) is 0 Å². The number of fused-ring (bicyclic) bond motifs is 1. The van der Waals surface area contributed by atoms with Crippen LogP contribution in [0.3, 0.4) is 0 Å². The molecule has 1 atom stereocenters. The lowest BCUT2D eigenvalue weighted by Gasteiger charge is -2.25. The lowest BCUT2D eigenvalue weighted by atomic mass is 9.90. The normalized spacial score (nSPS) is 20.1. The first-order valence-corrected chi connectivity index (χ1v) is 8.22. The SMILES string of the molecule is NC1(c2ccccc2)CCN(C(=O)NCc2ccc3nonc3c2)C1. The first-order valence-electron chi connectivity index (χ1n) is 8.22. The van der Waals surface area contributed by atoms with Crippen molar-refractivity contribution >= 4 is 17.1 Å². The smallest absolute Gasteiger partial charge is 0.317 e. The Bertz CT molecular complexity index is 895. The van der Waals surface area contributed by atoms with E-state index in [2.05, 4.69) is 20.3 Å². The van der Waals surface area contributed by atoms with Gasteiger partial charge in [0.15, 0.2) is 0 Å². The number of hydrogen-bond acceptors (Lipinski definition) is 5. The van der Waals surface area contributed by atoms with Crippen LogP contribution in [-0.4, -0.2) is 34.3 Å². The second kappa shape index (κ2) is 6.18. The van der Waals surface area contributed by atoms with Gasteiger partial charge in [0, 0.05) is 19.6 Å². The zero-order valence-electron chi connectivity index (χ0n) is 13.7. The zero-order chi connectivity index (χ0) is 17.3. The summed E-state index contributed by atoms with van der Waals surface area (Å²) in [4.78, 5) is 14.2. The third-order valence-electron chi connectivity index (χ3n) is 4.70. The second-order valence-corrected chi connectivity index (χ2v) is 6.44. The minimum atomic E-state index is -0.482. The molecule has 7 nitrogen and oxygen atoms in total. The summed E-state index contributed by atoms with van der Waals surface area (Å²) >= 11 is 0. The van der Waals surface area contributed by atoms with Crippen LogP contribution in [0.2, 0.25) is 0 Å². The molecular formula is C18H19N5O2. The van der Waals surface area contributed by atoms with Gasteiger partial charge in [-0.05, 0) is 40.0 Å². The first kappa shape index (κ1) is 15.6. The van der Waals surface area contributed by atoms with E-state index in [4.69, 9.17) is 5.73 Å². The average molecular weight is 337 g/mol. The number of likely N-dealkylation sites (tertiary alicyclic amines) is 1. The lowest BCUT2D eigenvalue weighted by molar-refractivity contribution is 0.205. The van der Waals surface area contributed by atoms with Crippen molar-refractivity contribution in [3.8, 4) is 0 Å². The van der Waals surface area contributed by atoms with Gasteiger partial charge >= 0.3 is 6.03 Å². The Hall–Kier alpha value is -2.93. The Morgan fingerprint density at radius 3 is 2.84 bits per heavy atom. The van der Waals surface area contributed by atoms with Crippen LogP contribution in [0.4, 0.5) is 4.79 Å². The largest absolute Gasteiger partial charge is 0.334 e. The van der Waals surface area contributed by atoms with Crippen LogP contribution < -0.4 is 11.1 Å². The van der Waals surface area contributed by atoms with Crippen molar-refractivity contribution in [1.29, 1.82) is 0 Å². The predicted octanol–water partition coefficient (Wildman–Crippen LogP) is 1.99. The summed E-state index contributed by atoms with van der Waals surface area (Å²) in [5, 5.41) is 10.5. The zero-order valence-corrected chi connectivity index (χ0v) is 13.7. The molecule has 0 aliphatic carbocycles. The first-order chi connectivity index (χ1) is 12.1.